The van der Waals surface area contributed by atoms with Gasteiger partial charge in [0.2, 0.25) is 5.88 Å². The standard InChI is InChI=1S/C11H16ClNO/c1-4-8(3)14-11-10(12)7-6-9(5-2)13-11/h6-8H,4-5H2,1-3H3. The molecule has 0 fully saturated rings. The minimum Gasteiger partial charge on any atom is -0.474 e. The molecule has 78 valence electrons. The van der Waals surface area contributed by atoms with Gasteiger partial charge >= 0.3 is 0 Å². The third-order valence-corrected chi connectivity index (χ3v) is 2.41. The summed E-state index contributed by atoms with van der Waals surface area (Å²) in [6, 6.07) is 3.76. The van der Waals surface area contributed by atoms with Crippen molar-refractivity contribution in [3.63, 3.8) is 0 Å². The van der Waals surface area contributed by atoms with E-state index < -0.39 is 0 Å². The molecule has 1 rings (SSSR count). The van der Waals surface area contributed by atoms with Crippen LogP contribution in [0.1, 0.15) is 32.9 Å². The maximum Gasteiger partial charge on any atom is 0.233 e. The predicted octanol–water partition coefficient (Wildman–Crippen LogP) is 3.47. The van der Waals surface area contributed by atoms with E-state index in [-0.39, 0.29) is 6.10 Å². The van der Waals surface area contributed by atoms with Gasteiger partial charge in [0.05, 0.1) is 6.10 Å². The minimum absolute atomic E-state index is 0.159. The normalized spacial score (nSPS) is 12.6. The number of rotatable bonds is 4. The Morgan fingerprint density at radius 1 is 1.43 bits per heavy atom. The number of aromatic nitrogens is 1. The van der Waals surface area contributed by atoms with Crippen LogP contribution in [0.5, 0.6) is 5.88 Å². The Labute approximate surface area is 90.3 Å². The number of hydrogen-bond donors (Lipinski definition) is 0. The van der Waals surface area contributed by atoms with Crippen LogP contribution in [-0.2, 0) is 6.42 Å². The lowest BCUT2D eigenvalue weighted by molar-refractivity contribution is 0.208. The SMILES string of the molecule is CCc1ccc(Cl)c(OC(C)CC)n1. The highest BCUT2D eigenvalue weighted by Crippen LogP contribution is 2.23. The van der Waals surface area contributed by atoms with E-state index in [0.717, 1.165) is 18.5 Å². The maximum atomic E-state index is 5.97. The van der Waals surface area contributed by atoms with Gasteiger partial charge in [-0.3, -0.25) is 0 Å². The van der Waals surface area contributed by atoms with Crippen LogP contribution in [-0.4, -0.2) is 11.1 Å². The Morgan fingerprint density at radius 3 is 2.71 bits per heavy atom. The Balaban J connectivity index is 2.83. The molecule has 1 heterocycles. The number of pyridine rings is 1. The van der Waals surface area contributed by atoms with Crippen molar-refractivity contribution in [2.45, 2.75) is 39.7 Å². The number of aryl methyl sites for hydroxylation is 1. The molecule has 0 amide bonds. The second kappa shape index (κ2) is 5.20. The lowest BCUT2D eigenvalue weighted by Crippen LogP contribution is -2.11. The Morgan fingerprint density at radius 2 is 2.14 bits per heavy atom. The molecule has 0 saturated heterocycles. The van der Waals surface area contributed by atoms with Crippen LogP contribution in [0.2, 0.25) is 5.02 Å². The van der Waals surface area contributed by atoms with Gasteiger partial charge in [0.15, 0.2) is 0 Å². The zero-order valence-electron chi connectivity index (χ0n) is 8.88. The maximum absolute atomic E-state index is 5.97. The molecule has 0 saturated carbocycles. The summed E-state index contributed by atoms with van der Waals surface area (Å²) in [5.74, 6) is 0.556. The van der Waals surface area contributed by atoms with Crippen molar-refractivity contribution in [1.82, 2.24) is 4.98 Å². The molecule has 0 aromatic carbocycles. The van der Waals surface area contributed by atoms with E-state index in [2.05, 4.69) is 18.8 Å². The summed E-state index contributed by atoms with van der Waals surface area (Å²) in [5.41, 5.74) is 1.01. The molecule has 0 N–H and O–H groups in total. The molecular weight excluding hydrogens is 198 g/mol. The lowest BCUT2D eigenvalue weighted by atomic mass is 10.3. The third-order valence-electron chi connectivity index (χ3n) is 2.12. The largest absolute Gasteiger partial charge is 0.474 e. The van der Waals surface area contributed by atoms with Crippen LogP contribution in [0.15, 0.2) is 12.1 Å². The van der Waals surface area contributed by atoms with Crippen molar-refractivity contribution >= 4 is 11.6 Å². The van der Waals surface area contributed by atoms with Gasteiger partial charge in [0.1, 0.15) is 5.02 Å². The van der Waals surface area contributed by atoms with Crippen LogP contribution in [0.4, 0.5) is 0 Å². The molecule has 1 aromatic heterocycles. The summed E-state index contributed by atoms with van der Waals surface area (Å²) in [6.07, 6.45) is 2.01. The monoisotopic (exact) mass is 213 g/mol. The van der Waals surface area contributed by atoms with Gasteiger partial charge in [0, 0.05) is 5.69 Å². The average Bonchev–Trinajstić information content (AvgIpc) is 2.21. The van der Waals surface area contributed by atoms with Crippen molar-refractivity contribution in [2.75, 3.05) is 0 Å². The van der Waals surface area contributed by atoms with E-state index in [1.807, 2.05) is 19.1 Å². The Kier molecular flexibility index (Phi) is 4.21. The lowest BCUT2D eigenvalue weighted by Gasteiger charge is -2.13. The van der Waals surface area contributed by atoms with Crippen LogP contribution < -0.4 is 4.74 Å². The van der Waals surface area contributed by atoms with E-state index in [0.29, 0.717) is 10.9 Å². The van der Waals surface area contributed by atoms with E-state index in [9.17, 15) is 0 Å². The fourth-order valence-corrected chi connectivity index (χ4v) is 1.16. The summed E-state index contributed by atoms with van der Waals surface area (Å²) in [5, 5.41) is 0.586. The van der Waals surface area contributed by atoms with E-state index in [1.54, 1.807) is 0 Å². The molecule has 14 heavy (non-hydrogen) atoms. The second-order valence-electron chi connectivity index (χ2n) is 3.28. The smallest absolute Gasteiger partial charge is 0.233 e. The first-order valence-electron chi connectivity index (χ1n) is 4.99. The quantitative estimate of drug-likeness (QED) is 0.764. The molecule has 2 nitrogen and oxygen atoms in total. The molecule has 0 radical (unpaired) electrons. The predicted molar refractivity (Wildman–Crippen MR) is 59.0 cm³/mol. The highest BCUT2D eigenvalue weighted by Gasteiger charge is 2.07. The van der Waals surface area contributed by atoms with Gasteiger partial charge in [0.25, 0.3) is 0 Å². The van der Waals surface area contributed by atoms with Crippen molar-refractivity contribution in [3.05, 3.63) is 22.8 Å². The molecule has 0 aliphatic carbocycles. The highest BCUT2D eigenvalue weighted by molar-refractivity contribution is 6.31. The zero-order valence-corrected chi connectivity index (χ0v) is 9.64. The molecule has 1 unspecified atom stereocenters. The van der Waals surface area contributed by atoms with Crippen molar-refractivity contribution in [1.29, 1.82) is 0 Å². The molecular formula is C11H16ClNO. The fourth-order valence-electron chi connectivity index (χ4n) is 1.02. The summed E-state index contributed by atoms with van der Waals surface area (Å²) in [4.78, 5) is 4.32. The first kappa shape index (κ1) is 11.3. The molecule has 1 atom stereocenters. The number of ether oxygens (including phenoxy) is 1. The molecule has 0 spiro atoms. The molecule has 0 aliphatic heterocycles. The first-order chi connectivity index (χ1) is 6.67. The minimum atomic E-state index is 0.159. The van der Waals surface area contributed by atoms with Crippen LogP contribution >= 0.6 is 11.6 Å². The fraction of sp³-hybridized carbons (Fsp3) is 0.545. The molecule has 0 aliphatic rings. The van der Waals surface area contributed by atoms with Crippen molar-refractivity contribution < 1.29 is 4.74 Å². The van der Waals surface area contributed by atoms with E-state index in [1.165, 1.54) is 0 Å². The average molecular weight is 214 g/mol. The second-order valence-corrected chi connectivity index (χ2v) is 3.69. The number of halogens is 1. The van der Waals surface area contributed by atoms with Crippen molar-refractivity contribution in [3.8, 4) is 5.88 Å². The van der Waals surface area contributed by atoms with E-state index >= 15 is 0 Å². The summed E-state index contributed by atoms with van der Waals surface area (Å²) in [7, 11) is 0. The van der Waals surface area contributed by atoms with Gasteiger partial charge < -0.3 is 4.74 Å². The summed E-state index contributed by atoms with van der Waals surface area (Å²) in [6.45, 7) is 6.14. The topological polar surface area (TPSA) is 22.1 Å². The van der Waals surface area contributed by atoms with Gasteiger partial charge in [-0.15, -0.1) is 0 Å². The van der Waals surface area contributed by atoms with Crippen molar-refractivity contribution in [2.24, 2.45) is 0 Å². The van der Waals surface area contributed by atoms with Gasteiger partial charge in [-0.1, -0.05) is 25.4 Å². The highest BCUT2D eigenvalue weighted by atomic mass is 35.5. The van der Waals surface area contributed by atoms with Crippen LogP contribution in [0, 0.1) is 0 Å². The third kappa shape index (κ3) is 2.88. The van der Waals surface area contributed by atoms with Gasteiger partial charge in [-0.25, -0.2) is 4.98 Å². The molecule has 1 aromatic rings. The molecule has 3 heteroatoms. The number of nitrogens with zero attached hydrogens (tertiary/aromatic N) is 1. The molecule has 0 bridgehead atoms. The zero-order chi connectivity index (χ0) is 10.6. The first-order valence-corrected chi connectivity index (χ1v) is 5.37. The van der Waals surface area contributed by atoms with Gasteiger partial charge in [-0.2, -0.15) is 0 Å². The van der Waals surface area contributed by atoms with E-state index in [4.69, 9.17) is 16.3 Å². The van der Waals surface area contributed by atoms with Crippen LogP contribution in [0.3, 0.4) is 0 Å². The summed E-state index contributed by atoms with van der Waals surface area (Å²) < 4.78 is 5.59. The van der Waals surface area contributed by atoms with Gasteiger partial charge in [-0.05, 0) is 31.9 Å². The summed E-state index contributed by atoms with van der Waals surface area (Å²) >= 11 is 5.97. The van der Waals surface area contributed by atoms with Crippen LogP contribution in [0.25, 0.3) is 0 Å². The number of hydrogen-bond acceptors (Lipinski definition) is 2. The Hall–Kier alpha value is -0.760. The Bertz CT molecular complexity index is 301.